The molecule has 0 unspecified atom stereocenters. The first-order chi connectivity index (χ1) is 11.3. The lowest BCUT2D eigenvalue weighted by atomic mass is 9.94. The fraction of sp³-hybridized carbons (Fsp3) is 0.263. The number of hydrogen-bond acceptors (Lipinski definition) is 2. The van der Waals surface area contributed by atoms with Crippen LogP contribution in [0.5, 0.6) is 0 Å². The van der Waals surface area contributed by atoms with Crippen LogP contribution in [0.4, 0.5) is 0 Å². The van der Waals surface area contributed by atoms with Gasteiger partial charge in [0.2, 0.25) is 0 Å². The molecule has 0 bridgehead atoms. The first kappa shape index (κ1) is 20.9. The third kappa shape index (κ3) is 5.44. The number of hydrogen-bond donors (Lipinski definition) is 0. The van der Waals surface area contributed by atoms with Crippen LogP contribution in [0.15, 0.2) is 35.4 Å². The van der Waals surface area contributed by atoms with Gasteiger partial charge in [0, 0.05) is 10.0 Å². The summed E-state index contributed by atoms with van der Waals surface area (Å²) in [5.74, 6) is 0. The van der Waals surface area contributed by atoms with Crippen LogP contribution in [0.2, 0.25) is 5.15 Å². The van der Waals surface area contributed by atoms with Crippen molar-refractivity contribution in [3.05, 3.63) is 62.9 Å². The first-order valence-corrected chi connectivity index (χ1v) is 9.13. The van der Waals surface area contributed by atoms with E-state index in [0.717, 1.165) is 29.5 Å². The van der Waals surface area contributed by atoms with E-state index in [4.69, 9.17) is 23.2 Å². The molecule has 0 N–H and O–H groups in total. The normalized spacial score (nSPS) is 12.3. The van der Waals surface area contributed by atoms with Crippen molar-refractivity contribution in [2.45, 2.75) is 33.6 Å². The monoisotopic (exact) mass is 427 g/mol. The van der Waals surface area contributed by atoms with Crippen molar-refractivity contribution < 1.29 is 4.79 Å². The minimum Gasteiger partial charge on any atom is -0.275 e. The Morgan fingerprint density at radius 3 is 2.50 bits per heavy atom. The van der Waals surface area contributed by atoms with Crippen LogP contribution in [0.1, 0.15) is 53.9 Å². The fourth-order valence-electron chi connectivity index (χ4n) is 2.27. The number of halogens is 3. The molecule has 24 heavy (non-hydrogen) atoms. The lowest BCUT2D eigenvalue weighted by Gasteiger charge is -2.15. The molecule has 1 aromatic rings. The van der Waals surface area contributed by atoms with Crippen LogP contribution in [0, 0.1) is 6.92 Å². The summed E-state index contributed by atoms with van der Waals surface area (Å²) in [6.07, 6.45) is 11.4. The van der Waals surface area contributed by atoms with Crippen molar-refractivity contribution in [2.24, 2.45) is 0 Å². The molecule has 0 saturated heterocycles. The van der Waals surface area contributed by atoms with Crippen LogP contribution >= 0.6 is 39.1 Å². The molecule has 128 valence electrons. The van der Waals surface area contributed by atoms with Gasteiger partial charge in [-0.2, -0.15) is 0 Å². The Hall–Kier alpha value is -1.16. The summed E-state index contributed by atoms with van der Waals surface area (Å²) in [5.41, 5.74) is 3.39. The molecule has 0 saturated carbocycles. The van der Waals surface area contributed by atoms with Gasteiger partial charge in [0.25, 0.3) is 5.24 Å². The number of aromatic nitrogens is 1. The largest absolute Gasteiger partial charge is 0.275 e. The number of allylic oxidation sites excluding steroid dienone is 6. The standard InChI is InChI=1S/C19H20BrCl2NO/c1-5-7-9-14(8-6-2)16-13(4)15(11-10-12(3)20)23-18(21)17(16)19(22)24/h6,8-11H,3,5,7H2,1-2,4H3/b8-6-,11-10-,14-9+. The molecular weight excluding hydrogens is 409 g/mol. The average molecular weight is 429 g/mol. The average Bonchev–Trinajstić information content (AvgIpc) is 2.51. The van der Waals surface area contributed by atoms with Gasteiger partial charge in [0.15, 0.2) is 0 Å². The zero-order valence-electron chi connectivity index (χ0n) is 14.0. The summed E-state index contributed by atoms with van der Waals surface area (Å²) in [5, 5.41) is -0.514. The molecule has 0 aliphatic heterocycles. The Kier molecular flexibility index (Phi) is 8.68. The van der Waals surface area contributed by atoms with Gasteiger partial charge in [-0.25, -0.2) is 4.98 Å². The molecule has 0 spiro atoms. The Labute approximate surface area is 162 Å². The summed E-state index contributed by atoms with van der Waals surface area (Å²) in [7, 11) is 0. The molecule has 1 aromatic heterocycles. The second-order valence-electron chi connectivity index (χ2n) is 5.16. The van der Waals surface area contributed by atoms with Crippen molar-refractivity contribution in [1.29, 1.82) is 0 Å². The number of unbranched alkanes of at least 4 members (excludes halogenated alkanes) is 1. The number of nitrogens with zero attached hydrogens (tertiary/aromatic N) is 1. The molecule has 0 radical (unpaired) electrons. The third-order valence-corrected chi connectivity index (χ3v) is 4.07. The summed E-state index contributed by atoms with van der Waals surface area (Å²) >= 11 is 15.3. The lowest BCUT2D eigenvalue weighted by Crippen LogP contribution is -2.06. The molecular formula is C19H20BrCl2NO. The van der Waals surface area contributed by atoms with E-state index in [9.17, 15) is 4.79 Å². The van der Waals surface area contributed by atoms with E-state index in [2.05, 4.69) is 40.5 Å². The predicted octanol–water partition coefficient (Wildman–Crippen LogP) is 7.10. The molecule has 0 aromatic carbocycles. The van der Waals surface area contributed by atoms with E-state index in [-0.39, 0.29) is 10.7 Å². The molecule has 0 atom stereocenters. The Bertz CT molecular complexity index is 733. The molecule has 2 nitrogen and oxygen atoms in total. The van der Waals surface area contributed by atoms with E-state index < -0.39 is 5.24 Å². The predicted molar refractivity (Wildman–Crippen MR) is 109 cm³/mol. The highest BCUT2D eigenvalue weighted by Crippen LogP contribution is 2.33. The summed E-state index contributed by atoms with van der Waals surface area (Å²) < 4.78 is 0.717. The first-order valence-electron chi connectivity index (χ1n) is 7.59. The van der Waals surface area contributed by atoms with E-state index in [1.807, 2.05) is 26.0 Å². The Balaban J connectivity index is 3.75. The van der Waals surface area contributed by atoms with Gasteiger partial charge in [-0.05, 0) is 55.2 Å². The van der Waals surface area contributed by atoms with Crippen molar-refractivity contribution in [3.8, 4) is 0 Å². The zero-order chi connectivity index (χ0) is 18.3. The van der Waals surface area contributed by atoms with E-state index >= 15 is 0 Å². The Morgan fingerprint density at radius 2 is 2.00 bits per heavy atom. The molecule has 5 heteroatoms. The van der Waals surface area contributed by atoms with Crippen molar-refractivity contribution in [2.75, 3.05) is 0 Å². The Morgan fingerprint density at radius 1 is 1.33 bits per heavy atom. The molecule has 1 rings (SSSR count). The van der Waals surface area contributed by atoms with Gasteiger partial charge in [-0.3, -0.25) is 4.79 Å². The maximum Gasteiger partial charge on any atom is 0.256 e. The zero-order valence-corrected chi connectivity index (χ0v) is 17.1. The van der Waals surface area contributed by atoms with Gasteiger partial charge in [-0.1, -0.05) is 65.7 Å². The van der Waals surface area contributed by atoms with Crippen molar-refractivity contribution >= 4 is 56.0 Å². The van der Waals surface area contributed by atoms with Gasteiger partial charge in [0.1, 0.15) is 5.15 Å². The highest BCUT2D eigenvalue weighted by atomic mass is 79.9. The SMILES string of the molecule is C=C(Br)/C=C\c1nc(Cl)c(C(=O)Cl)c(C(/C=C\C)=C/CCC)c1C. The van der Waals surface area contributed by atoms with Gasteiger partial charge in [-0.15, -0.1) is 0 Å². The molecule has 1 heterocycles. The topological polar surface area (TPSA) is 30.0 Å². The van der Waals surface area contributed by atoms with Crippen molar-refractivity contribution in [3.63, 3.8) is 0 Å². The minimum absolute atomic E-state index is 0.0994. The molecule has 0 aliphatic rings. The second-order valence-corrected chi connectivity index (χ2v) is 6.88. The smallest absolute Gasteiger partial charge is 0.256 e. The minimum atomic E-state index is -0.613. The van der Waals surface area contributed by atoms with E-state index in [0.29, 0.717) is 10.2 Å². The number of carbonyl (C=O) groups is 1. The highest BCUT2D eigenvalue weighted by Gasteiger charge is 2.21. The second kappa shape index (κ2) is 9.97. The van der Waals surface area contributed by atoms with Gasteiger partial charge >= 0.3 is 0 Å². The third-order valence-electron chi connectivity index (χ3n) is 3.34. The number of pyridine rings is 1. The van der Waals surface area contributed by atoms with Crippen molar-refractivity contribution in [1.82, 2.24) is 4.98 Å². The maximum atomic E-state index is 11.9. The van der Waals surface area contributed by atoms with Crippen LogP contribution < -0.4 is 0 Å². The van der Waals surface area contributed by atoms with Crippen LogP contribution in [-0.2, 0) is 0 Å². The van der Waals surface area contributed by atoms with E-state index in [1.165, 1.54) is 0 Å². The highest BCUT2D eigenvalue weighted by molar-refractivity contribution is 9.11. The number of rotatable bonds is 7. The number of carbonyl (C=O) groups excluding carboxylic acids is 1. The lowest BCUT2D eigenvalue weighted by molar-refractivity contribution is 0.108. The van der Waals surface area contributed by atoms with E-state index in [1.54, 1.807) is 12.2 Å². The van der Waals surface area contributed by atoms with Gasteiger partial charge in [0.05, 0.1) is 11.3 Å². The summed E-state index contributed by atoms with van der Waals surface area (Å²) in [4.78, 5) is 16.3. The fourth-order valence-corrected chi connectivity index (χ4v) is 2.90. The summed E-state index contributed by atoms with van der Waals surface area (Å²) in [6.45, 7) is 9.69. The maximum absolute atomic E-state index is 11.9. The molecule has 0 fully saturated rings. The van der Waals surface area contributed by atoms with Crippen LogP contribution in [0.25, 0.3) is 11.6 Å². The quantitative estimate of drug-likeness (QED) is 0.263. The van der Waals surface area contributed by atoms with Gasteiger partial charge < -0.3 is 0 Å². The van der Waals surface area contributed by atoms with Crippen LogP contribution in [0.3, 0.4) is 0 Å². The van der Waals surface area contributed by atoms with Crippen LogP contribution in [-0.4, -0.2) is 10.2 Å². The summed E-state index contributed by atoms with van der Waals surface area (Å²) in [6, 6.07) is 0. The molecule has 0 amide bonds. The molecule has 0 aliphatic carbocycles.